The van der Waals surface area contributed by atoms with Crippen LogP contribution in [0.2, 0.25) is 0 Å². The van der Waals surface area contributed by atoms with Gasteiger partial charge in [0.05, 0.1) is 6.10 Å². The third-order valence-corrected chi connectivity index (χ3v) is 9.56. The summed E-state index contributed by atoms with van der Waals surface area (Å²) in [5.74, 6) is 0.701. The monoisotopic (exact) mass is 660 g/mol. The summed E-state index contributed by atoms with van der Waals surface area (Å²) < 4.78 is 10.1. The molecule has 7 heteroatoms. The van der Waals surface area contributed by atoms with E-state index in [9.17, 15) is 0 Å². The van der Waals surface area contributed by atoms with Crippen LogP contribution in [-0.4, -0.2) is 17.8 Å². The van der Waals surface area contributed by atoms with Crippen molar-refractivity contribution in [2.75, 3.05) is 0 Å². The van der Waals surface area contributed by atoms with Gasteiger partial charge in [-0.25, -0.2) is 0 Å². The van der Waals surface area contributed by atoms with Gasteiger partial charge in [0.1, 0.15) is 9.49 Å². The number of halogens is 5. The molecular formula is C18H17Br5O2. The van der Waals surface area contributed by atoms with Crippen molar-refractivity contribution in [1.82, 2.24) is 0 Å². The van der Waals surface area contributed by atoms with Gasteiger partial charge in [-0.1, -0.05) is 74.3 Å². The summed E-state index contributed by atoms with van der Waals surface area (Å²) in [6.45, 7) is 3.93. The first-order chi connectivity index (χ1) is 11.7. The van der Waals surface area contributed by atoms with E-state index in [0.29, 0.717) is 5.75 Å². The average Bonchev–Trinajstić information content (AvgIpc) is 2.54. The lowest BCUT2D eigenvalue weighted by Crippen LogP contribution is -2.52. The van der Waals surface area contributed by atoms with Crippen molar-refractivity contribution in [3.05, 3.63) is 54.6 Å². The Balaban J connectivity index is 2.31. The summed E-state index contributed by atoms with van der Waals surface area (Å²) in [6.07, 6.45) is -0.0225. The molecule has 136 valence electrons. The van der Waals surface area contributed by atoms with Gasteiger partial charge in [0.25, 0.3) is 3.42 Å². The fourth-order valence-corrected chi connectivity index (χ4v) is 5.74. The van der Waals surface area contributed by atoms with Gasteiger partial charge in [-0.15, -0.1) is 0 Å². The molecule has 0 saturated heterocycles. The molecule has 0 aliphatic heterocycles. The van der Waals surface area contributed by atoms with Crippen molar-refractivity contribution >= 4 is 79.6 Å². The zero-order valence-electron chi connectivity index (χ0n) is 13.6. The van der Waals surface area contributed by atoms with Crippen molar-refractivity contribution in [2.24, 2.45) is 0 Å². The molecule has 2 aromatic carbocycles. The molecule has 0 bridgehead atoms. The lowest BCUT2D eigenvalue weighted by atomic mass is 10.1. The minimum absolute atomic E-state index is 0.0225. The van der Waals surface area contributed by atoms with Crippen LogP contribution in [0.1, 0.15) is 13.8 Å². The third kappa shape index (κ3) is 5.55. The SMILES string of the molecule is CC(C)OC(Br)(C(Br)Br)C(Br)(Br)Oc1cccc(-c2ccccc2)c1. The predicted molar refractivity (Wildman–Crippen MR) is 123 cm³/mol. The van der Waals surface area contributed by atoms with Gasteiger partial charge in [0.15, 0.2) is 0 Å². The Morgan fingerprint density at radius 2 is 1.44 bits per heavy atom. The first-order valence-corrected chi connectivity index (χ1v) is 11.7. The summed E-state index contributed by atoms with van der Waals surface area (Å²) in [6, 6.07) is 18.1. The van der Waals surface area contributed by atoms with E-state index in [1.54, 1.807) is 0 Å². The molecule has 0 fully saturated rings. The summed E-state index contributed by atoms with van der Waals surface area (Å²) in [4.78, 5) is 0. The smallest absolute Gasteiger partial charge is 0.258 e. The lowest BCUT2D eigenvalue weighted by molar-refractivity contribution is -0.0425. The Bertz CT molecular complexity index is 691. The summed E-state index contributed by atoms with van der Waals surface area (Å²) in [7, 11) is 0. The van der Waals surface area contributed by atoms with Crippen LogP contribution in [-0.2, 0) is 4.74 Å². The molecule has 0 aliphatic carbocycles. The molecule has 25 heavy (non-hydrogen) atoms. The van der Waals surface area contributed by atoms with E-state index in [-0.39, 0.29) is 9.84 Å². The van der Waals surface area contributed by atoms with E-state index in [2.05, 4.69) is 97.8 Å². The van der Waals surface area contributed by atoms with Crippen molar-refractivity contribution in [2.45, 2.75) is 31.6 Å². The second-order valence-electron chi connectivity index (χ2n) is 5.63. The number of alkyl halides is 5. The molecule has 0 heterocycles. The number of benzene rings is 2. The topological polar surface area (TPSA) is 18.5 Å². The Morgan fingerprint density at radius 1 is 0.840 bits per heavy atom. The van der Waals surface area contributed by atoms with Gasteiger partial charge in [0, 0.05) is 0 Å². The highest BCUT2D eigenvalue weighted by Gasteiger charge is 2.55. The normalized spacial score (nSPS) is 14.6. The molecule has 0 aliphatic rings. The van der Waals surface area contributed by atoms with Crippen molar-refractivity contribution in [1.29, 1.82) is 0 Å². The molecule has 0 radical (unpaired) electrons. The maximum atomic E-state index is 6.19. The molecule has 2 aromatic rings. The molecule has 0 amide bonds. The van der Waals surface area contributed by atoms with E-state index in [4.69, 9.17) is 9.47 Å². The van der Waals surface area contributed by atoms with Crippen LogP contribution in [0.5, 0.6) is 5.75 Å². The number of ether oxygens (including phenoxy) is 2. The molecule has 2 rings (SSSR count). The van der Waals surface area contributed by atoms with Crippen molar-refractivity contribution < 1.29 is 9.47 Å². The quantitative estimate of drug-likeness (QED) is 0.281. The minimum Gasteiger partial charge on any atom is -0.462 e. The van der Waals surface area contributed by atoms with Crippen LogP contribution in [0.15, 0.2) is 54.6 Å². The van der Waals surface area contributed by atoms with Crippen LogP contribution in [0.4, 0.5) is 0 Å². The maximum absolute atomic E-state index is 6.19. The molecule has 0 saturated carbocycles. The largest absolute Gasteiger partial charge is 0.462 e. The van der Waals surface area contributed by atoms with Gasteiger partial charge < -0.3 is 9.47 Å². The Labute approximate surface area is 190 Å². The number of hydrogen-bond acceptors (Lipinski definition) is 2. The van der Waals surface area contributed by atoms with Crippen molar-refractivity contribution in [3.63, 3.8) is 0 Å². The van der Waals surface area contributed by atoms with Gasteiger partial charge in [-0.2, -0.15) is 0 Å². The fourth-order valence-electron chi connectivity index (χ4n) is 2.18. The van der Waals surface area contributed by atoms with E-state index in [1.165, 1.54) is 0 Å². The fraction of sp³-hybridized carbons (Fsp3) is 0.333. The molecule has 0 aromatic heterocycles. The van der Waals surface area contributed by atoms with Crippen LogP contribution < -0.4 is 4.74 Å². The highest BCUT2D eigenvalue weighted by atomic mass is 79.9. The Morgan fingerprint density at radius 3 is 2.00 bits per heavy atom. The zero-order chi connectivity index (χ0) is 18.7. The van der Waals surface area contributed by atoms with E-state index in [1.807, 2.05) is 50.2 Å². The minimum atomic E-state index is -1.02. The second kappa shape index (κ2) is 9.20. The number of rotatable bonds is 7. The zero-order valence-corrected chi connectivity index (χ0v) is 21.5. The maximum Gasteiger partial charge on any atom is 0.258 e. The first kappa shape index (κ1) is 21.9. The van der Waals surface area contributed by atoms with Crippen LogP contribution in [0.25, 0.3) is 11.1 Å². The van der Waals surface area contributed by atoms with Crippen molar-refractivity contribution in [3.8, 4) is 16.9 Å². The van der Waals surface area contributed by atoms with Crippen LogP contribution in [0, 0.1) is 0 Å². The van der Waals surface area contributed by atoms with E-state index < -0.39 is 7.93 Å². The standard InChI is InChI=1S/C18H17Br5O2/c1-12(2)24-17(21,16(19)20)18(22,23)25-15-10-6-9-14(11-15)13-7-4-3-5-8-13/h3-12,16H,1-2H3. The summed E-state index contributed by atoms with van der Waals surface area (Å²) in [5.41, 5.74) is 2.21. The van der Waals surface area contributed by atoms with Crippen LogP contribution in [0.3, 0.4) is 0 Å². The highest BCUT2D eigenvalue weighted by Crippen LogP contribution is 2.52. The van der Waals surface area contributed by atoms with E-state index in [0.717, 1.165) is 11.1 Å². The predicted octanol–water partition coefficient (Wildman–Crippen LogP) is 7.81. The number of hydrogen-bond donors (Lipinski definition) is 0. The molecular weight excluding hydrogens is 648 g/mol. The van der Waals surface area contributed by atoms with Gasteiger partial charge in [-0.3, -0.25) is 0 Å². The van der Waals surface area contributed by atoms with Crippen LogP contribution >= 0.6 is 79.6 Å². The molecule has 0 spiro atoms. The second-order valence-corrected chi connectivity index (χ2v) is 13.2. The Kier molecular flexibility index (Phi) is 8.05. The molecule has 1 atom stereocenters. The lowest BCUT2D eigenvalue weighted by Gasteiger charge is -2.41. The van der Waals surface area contributed by atoms with Gasteiger partial charge in [-0.05, 0) is 84.9 Å². The Hall–Kier alpha value is 0.600. The summed E-state index contributed by atoms with van der Waals surface area (Å²) in [5, 5.41) is 0. The highest BCUT2D eigenvalue weighted by molar-refractivity contribution is 9.27. The molecule has 0 N–H and O–H groups in total. The van der Waals surface area contributed by atoms with E-state index >= 15 is 0 Å². The summed E-state index contributed by atoms with van der Waals surface area (Å²) >= 11 is 17.9. The van der Waals surface area contributed by atoms with Gasteiger partial charge >= 0.3 is 0 Å². The first-order valence-electron chi connectivity index (χ1n) is 7.53. The third-order valence-electron chi connectivity index (χ3n) is 3.27. The average molecular weight is 665 g/mol. The molecule has 1 unspecified atom stereocenters. The molecule has 2 nitrogen and oxygen atoms in total. The van der Waals surface area contributed by atoms with Gasteiger partial charge in [0.2, 0.25) is 4.51 Å².